The zero-order valence-corrected chi connectivity index (χ0v) is 11.6. The van der Waals surface area contributed by atoms with Crippen molar-refractivity contribution in [3.8, 4) is 0 Å². The van der Waals surface area contributed by atoms with Crippen molar-refractivity contribution in [3.05, 3.63) is 29.1 Å². The number of ketones is 1. The molecule has 0 saturated carbocycles. The number of rotatable bonds is 2. The van der Waals surface area contributed by atoms with Crippen LogP contribution >= 0.6 is 0 Å². The van der Waals surface area contributed by atoms with Crippen LogP contribution in [0.15, 0.2) is 17.0 Å². The van der Waals surface area contributed by atoms with Crippen LogP contribution in [0.4, 0.5) is 4.39 Å². The van der Waals surface area contributed by atoms with Crippen LogP contribution in [0.3, 0.4) is 0 Å². The highest BCUT2D eigenvalue weighted by atomic mass is 32.2. The van der Waals surface area contributed by atoms with E-state index in [-0.39, 0.29) is 34.6 Å². The molecule has 19 heavy (non-hydrogen) atoms. The lowest BCUT2D eigenvalue weighted by molar-refractivity contribution is 0.0991. The molecule has 1 aromatic carbocycles. The molecule has 0 N–H and O–H groups in total. The quantitative estimate of drug-likeness (QED) is 0.777. The van der Waals surface area contributed by atoms with Crippen molar-refractivity contribution < 1.29 is 17.6 Å². The molecule has 1 heterocycles. The molecule has 1 aliphatic carbocycles. The summed E-state index contributed by atoms with van der Waals surface area (Å²) in [6.45, 7) is 4.06. The Morgan fingerprint density at radius 2 is 1.89 bits per heavy atom. The fourth-order valence-electron chi connectivity index (χ4n) is 2.57. The first kappa shape index (κ1) is 12.7. The van der Waals surface area contributed by atoms with Crippen LogP contribution in [0.1, 0.15) is 36.2 Å². The maximum Gasteiger partial charge on any atom is 0.244 e. The molecule has 0 amide bonds. The van der Waals surface area contributed by atoms with Crippen molar-refractivity contribution in [3.63, 3.8) is 0 Å². The lowest BCUT2D eigenvalue weighted by Crippen LogP contribution is -2.21. The van der Waals surface area contributed by atoms with E-state index in [0.29, 0.717) is 6.54 Å². The fourth-order valence-corrected chi connectivity index (χ4v) is 4.68. The van der Waals surface area contributed by atoms with Gasteiger partial charge in [0.15, 0.2) is 5.78 Å². The lowest BCUT2D eigenvalue weighted by atomic mass is 10.1. The van der Waals surface area contributed by atoms with E-state index in [0.717, 1.165) is 6.07 Å². The minimum absolute atomic E-state index is 0.0445. The van der Waals surface area contributed by atoms with Gasteiger partial charge in [0.1, 0.15) is 5.82 Å². The number of fused-ring (bicyclic) bond motifs is 1. The van der Waals surface area contributed by atoms with Crippen LogP contribution in [0, 0.1) is 5.82 Å². The number of nitrogens with zero attached hydrogens (tertiary/aromatic N) is 1. The molecule has 0 spiro atoms. The van der Waals surface area contributed by atoms with Gasteiger partial charge in [-0.05, 0) is 32.4 Å². The van der Waals surface area contributed by atoms with Gasteiger partial charge in [-0.2, -0.15) is 4.31 Å². The van der Waals surface area contributed by atoms with Crippen LogP contribution in [0.5, 0.6) is 0 Å². The van der Waals surface area contributed by atoms with Gasteiger partial charge in [-0.15, -0.1) is 0 Å². The summed E-state index contributed by atoms with van der Waals surface area (Å²) in [5.74, 6) is -0.780. The summed E-state index contributed by atoms with van der Waals surface area (Å²) < 4.78 is 39.9. The number of sulfonamides is 1. The van der Waals surface area contributed by atoms with Gasteiger partial charge in [-0.25, -0.2) is 12.8 Å². The van der Waals surface area contributed by atoms with E-state index in [1.165, 1.54) is 10.4 Å². The third-order valence-corrected chi connectivity index (χ3v) is 5.87. The van der Waals surface area contributed by atoms with Gasteiger partial charge in [-0.1, -0.05) is 0 Å². The van der Waals surface area contributed by atoms with Crippen LogP contribution in [-0.2, 0) is 16.4 Å². The molecule has 1 unspecified atom stereocenters. The Bertz CT molecular complexity index is 694. The molecule has 6 heteroatoms. The number of carbonyl (C=O) groups excluding carboxylic acids is 1. The van der Waals surface area contributed by atoms with Crippen LogP contribution in [0.25, 0.3) is 0 Å². The molecule has 1 aliphatic heterocycles. The van der Waals surface area contributed by atoms with Crippen LogP contribution in [0.2, 0.25) is 0 Å². The molecule has 2 aliphatic rings. The SMILES string of the molecule is CC1(C)CN1S(=O)(=O)c1ccc(F)c2c1C(=O)CC2. The standard InChI is InChI=1S/C13H14FNO3S/c1-13(2)7-15(13)19(17,18)11-6-4-9(14)8-3-5-10(16)12(8)11/h4,6H,3,5,7H2,1-2H3. The van der Waals surface area contributed by atoms with E-state index < -0.39 is 21.4 Å². The summed E-state index contributed by atoms with van der Waals surface area (Å²) >= 11 is 0. The smallest absolute Gasteiger partial charge is 0.244 e. The summed E-state index contributed by atoms with van der Waals surface area (Å²) in [5, 5.41) is 0. The van der Waals surface area contributed by atoms with E-state index in [4.69, 9.17) is 0 Å². The van der Waals surface area contributed by atoms with Gasteiger partial charge in [0.2, 0.25) is 10.0 Å². The first-order valence-corrected chi connectivity index (χ1v) is 7.56. The summed E-state index contributed by atoms with van der Waals surface area (Å²) in [5.41, 5.74) is -0.115. The molecule has 102 valence electrons. The molecule has 0 bridgehead atoms. The third kappa shape index (κ3) is 1.74. The average molecular weight is 283 g/mol. The lowest BCUT2D eigenvalue weighted by Gasteiger charge is -2.12. The maximum atomic E-state index is 13.6. The highest BCUT2D eigenvalue weighted by Gasteiger charge is 2.52. The number of hydrogen-bond donors (Lipinski definition) is 0. The van der Waals surface area contributed by atoms with Crippen molar-refractivity contribution in [2.24, 2.45) is 0 Å². The van der Waals surface area contributed by atoms with Crippen molar-refractivity contribution >= 4 is 15.8 Å². The summed E-state index contributed by atoms with van der Waals surface area (Å²) in [6.07, 6.45) is 0.467. The Balaban J connectivity index is 2.18. The minimum Gasteiger partial charge on any atom is -0.294 e. The predicted octanol–water partition coefficient (Wildman–Crippen LogP) is 1.74. The summed E-state index contributed by atoms with van der Waals surface area (Å²) in [4.78, 5) is 11.8. The van der Waals surface area contributed by atoms with Crippen molar-refractivity contribution in [2.45, 2.75) is 37.1 Å². The van der Waals surface area contributed by atoms with E-state index in [1.807, 2.05) is 13.8 Å². The third-order valence-electron chi connectivity index (χ3n) is 3.77. The Morgan fingerprint density at radius 1 is 1.26 bits per heavy atom. The number of Topliss-reactive ketones (excluding diaryl/α,β-unsaturated/α-hetero) is 1. The molecule has 0 radical (unpaired) electrons. The van der Waals surface area contributed by atoms with Gasteiger partial charge in [0, 0.05) is 29.6 Å². The topological polar surface area (TPSA) is 54.2 Å². The van der Waals surface area contributed by atoms with E-state index >= 15 is 0 Å². The fraction of sp³-hybridized carbons (Fsp3) is 0.462. The van der Waals surface area contributed by atoms with Gasteiger partial charge in [0.25, 0.3) is 0 Å². The van der Waals surface area contributed by atoms with E-state index in [1.54, 1.807) is 0 Å². The highest BCUT2D eigenvalue weighted by Crippen LogP contribution is 2.40. The number of hydrogen-bond acceptors (Lipinski definition) is 3. The maximum absolute atomic E-state index is 13.6. The Labute approximate surface area is 111 Å². The monoisotopic (exact) mass is 283 g/mol. The second-order valence-electron chi connectivity index (χ2n) is 5.65. The first-order chi connectivity index (χ1) is 8.75. The van der Waals surface area contributed by atoms with Gasteiger partial charge in [-0.3, -0.25) is 4.79 Å². The Kier molecular flexibility index (Phi) is 2.44. The van der Waals surface area contributed by atoms with Crippen LogP contribution in [-0.4, -0.2) is 30.6 Å². The van der Waals surface area contributed by atoms with E-state index in [9.17, 15) is 17.6 Å². The molecular formula is C13H14FNO3S. The molecule has 0 aromatic heterocycles. The first-order valence-electron chi connectivity index (χ1n) is 6.12. The highest BCUT2D eigenvalue weighted by molar-refractivity contribution is 7.89. The normalized spacial score (nSPS) is 24.4. The van der Waals surface area contributed by atoms with Gasteiger partial charge >= 0.3 is 0 Å². The zero-order chi connectivity index (χ0) is 14.0. The second kappa shape index (κ2) is 3.64. The molecule has 4 nitrogen and oxygen atoms in total. The van der Waals surface area contributed by atoms with Gasteiger partial charge in [0.05, 0.1) is 4.90 Å². The van der Waals surface area contributed by atoms with Gasteiger partial charge < -0.3 is 0 Å². The molecule has 1 saturated heterocycles. The predicted molar refractivity (Wildman–Crippen MR) is 67.0 cm³/mol. The van der Waals surface area contributed by atoms with Crippen molar-refractivity contribution in [1.29, 1.82) is 0 Å². The van der Waals surface area contributed by atoms with Crippen molar-refractivity contribution in [2.75, 3.05) is 6.54 Å². The van der Waals surface area contributed by atoms with Crippen molar-refractivity contribution in [1.82, 2.24) is 4.31 Å². The minimum atomic E-state index is -3.70. The Morgan fingerprint density at radius 3 is 2.47 bits per heavy atom. The molecule has 1 fully saturated rings. The summed E-state index contributed by atoms with van der Waals surface area (Å²) in [6, 6.07) is 2.35. The molecular weight excluding hydrogens is 269 g/mol. The Hall–Kier alpha value is -1.27. The van der Waals surface area contributed by atoms with Crippen LogP contribution < -0.4 is 0 Å². The summed E-state index contributed by atoms with van der Waals surface area (Å²) in [7, 11) is -3.70. The molecule has 1 atom stereocenters. The molecule has 1 aromatic rings. The largest absolute Gasteiger partial charge is 0.294 e. The number of halogens is 1. The molecule has 3 rings (SSSR count). The average Bonchev–Trinajstić information content (AvgIpc) is 2.79. The number of benzene rings is 1. The zero-order valence-electron chi connectivity index (χ0n) is 10.7. The second-order valence-corrected chi connectivity index (χ2v) is 7.48. The number of carbonyl (C=O) groups is 1. The van der Waals surface area contributed by atoms with E-state index in [2.05, 4.69) is 0 Å².